The number of piperazine rings is 1. The molecule has 1 rings (SSSR count). The van der Waals surface area contributed by atoms with Gasteiger partial charge in [-0.2, -0.15) is 0 Å². The standard InChI is InChI=1S/C14H30N4O/c1-4-16-14(19)9-13(10-15)18-7-5-17(6-8-18)11-12(2)3/h12-13H,4-11,15H2,1-3H3,(H,16,19). The summed E-state index contributed by atoms with van der Waals surface area (Å²) in [5.74, 6) is 0.828. The monoisotopic (exact) mass is 270 g/mol. The molecule has 1 aliphatic rings. The zero-order valence-electron chi connectivity index (χ0n) is 12.7. The number of hydrogen-bond acceptors (Lipinski definition) is 4. The minimum atomic E-state index is 0.113. The molecule has 0 aromatic heterocycles. The summed E-state index contributed by atoms with van der Waals surface area (Å²) in [6.45, 7) is 13.1. The lowest BCUT2D eigenvalue weighted by Gasteiger charge is -2.39. The van der Waals surface area contributed by atoms with Gasteiger partial charge in [0.2, 0.25) is 5.91 Å². The van der Waals surface area contributed by atoms with Crippen molar-refractivity contribution in [2.45, 2.75) is 33.2 Å². The first-order chi connectivity index (χ1) is 9.06. The fraction of sp³-hybridized carbons (Fsp3) is 0.929. The smallest absolute Gasteiger partial charge is 0.221 e. The molecule has 1 fully saturated rings. The summed E-state index contributed by atoms with van der Waals surface area (Å²) in [4.78, 5) is 16.5. The van der Waals surface area contributed by atoms with E-state index in [0.29, 0.717) is 25.4 Å². The van der Waals surface area contributed by atoms with Crippen LogP contribution in [0.4, 0.5) is 0 Å². The van der Waals surface area contributed by atoms with Gasteiger partial charge in [-0.1, -0.05) is 13.8 Å². The molecule has 0 radical (unpaired) electrons. The molecule has 0 aromatic carbocycles. The average molecular weight is 270 g/mol. The predicted octanol–water partition coefficient (Wildman–Crippen LogP) is 0.114. The number of carbonyl (C=O) groups excluding carboxylic acids is 1. The fourth-order valence-corrected chi connectivity index (χ4v) is 2.67. The van der Waals surface area contributed by atoms with Crippen LogP contribution in [0.5, 0.6) is 0 Å². The summed E-state index contributed by atoms with van der Waals surface area (Å²) in [6, 6.07) is 0.188. The maximum Gasteiger partial charge on any atom is 0.221 e. The third-order valence-electron chi connectivity index (χ3n) is 3.61. The zero-order chi connectivity index (χ0) is 14.3. The second-order valence-electron chi connectivity index (χ2n) is 5.78. The van der Waals surface area contributed by atoms with Crippen molar-refractivity contribution in [3.05, 3.63) is 0 Å². The molecule has 1 unspecified atom stereocenters. The molecule has 112 valence electrons. The van der Waals surface area contributed by atoms with Crippen molar-refractivity contribution in [2.75, 3.05) is 45.8 Å². The first-order valence-electron chi connectivity index (χ1n) is 7.50. The van der Waals surface area contributed by atoms with Crippen LogP contribution in [-0.4, -0.2) is 67.6 Å². The molecule has 19 heavy (non-hydrogen) atoms. The van der Waals surface area contributed by atoms with Gasteiger partial charge in [-0.05, 0) is 12.8 Å². The summed E-state index contributed by atoms with van der Waals surface area (Å²) in [7, 11) is 0. The van der Waals surface area contributed by atoms with Crippen molar-refractivity contribution in [3.63, 3.8) is 0 Å². The van der Waals surface area contributed by atoms with E-state index in [9.17, 15) is 4.79 Å². The summed E-state index contributed by atoms with van der Waals surface area (Å²) in [6.07, 6.45) is 0.522. The highest BCUT2D eigenvalue weighted by atomic mass is 16.1. The highest BCUT2D eigenvalue weighted by Crippen LogP contribution is 2.10. The Morgan fingerprint density at radius 3 is 2.37 bits per heavy atom. The minimum absolute atomic E-state index is 0.113. The lowest BCUT2D eigenvalue weighted by atomic mass is 10.1. The summed E-state index contributed by atoms with van der Waals surface area (Å²) >= 11 is 0. The SMILES string of the molecule is CCNC(=O)CC(CN)N1CCN(CC(C)C)CC1. The van der Waals surface area contributed by atoms with Crippen molar-refractivity contribution in [3.8, 4) is 0 Å². The Balaban J connectivity index is 2.36. The number of nitrogens with zero attached hydrogens (tertiary/aromatic N) is 2. The number of amides is 1. The number of rotatable bonds is 7. The Labute approximate surface area is 117 Å². The Kier molecular flexibility index (Phi) is 7.34. The second kappa shape index (κ2) is 8.51. The topological polar surface area (TPSA) is 61.6 Å². The lowest BCUT2D eigenvalue weighted by molar-refractivity contribution is -0.122. The van der Waals surface area contributed by atoms with Gasteiger partial charge in [0.25, 0.3) is 0 Å². The summed E-state index contributed by atoms with van der Waals surface area (Å²) in [5, 5.41) is 2.85. The lowest BCUT2D eigenvalue weighted by Crippen LogP contribution is -2.53. The van der Waals surface area contributed by atoms with E-state index in [1.165, 1.54) is 0 Å². The number of nitrogens with one attached hydrogen (secondary N) is 1. The van der Waals surface area contributed by atoms with Gasteiger partial charge in [-0.3, -0.25) is 9.69 Å². The van der Waals surface area contributed by atoms with Crippen LogP contribution < -0.4 is 11.1 Å². The van der Waals surface area contributed by atoms with Crippen LogP contribution in [0, 0.1) is 5.92 Å². The van der Waals surface area contributed by atoms with E-state index < -0.39 is 0 Å². The van der Waals surface area contributed by atoms with Gasteiger partial charge in [0, 0.05) is 58.3 Å². The van der Waals surface area contributed by atoms with E-state index in [4.69, 9.17) is 5.73 Å². The van der Waals surface area contributed by atoms with Gasteiger partial charge in [-0.15, -0.1) is 0 Å². The van der Waals surface area contributed by atoms with Crippen molar-refractivity contribution >= 4 is 5.91 Å². The van der Waals surface area contributed by atoms with Gasteiger partial charge in [0.05, 0.1) is 0 Å². The third kappa shape index (κ3) is 5.89. The average Bonchev–Trinajstić information content (AvgIpc) is 2.37. The molecule has 0 spiro atoms. The number of hydrogen-bond donors (Lipinski definition) is 2. The van der Waals surface area contributed by atoms with E-state index >= 15 is 0 Å². The molecule has 0 aromatic rings. The van der Waals surface area contributed by atoms with Gasteiger partial charge in [0.15, 0.2) is 0 Å². The van der Waals surface area contributed by atoms with Crippen LogP contribution in [0.2, 0.25) is 0 Å². The van der Waals surface area contributed by atoms with Crippen LogP contribution in [-0.2, 0) is 4.79 Å². The Morgan fingerprint density at radius 1 is 1.26 bits per heavy atom. The molecule has 1 saturated heterocycles. The van der Waals surface area contributed by atoms with Crippen LogP contribution in [0.25, 0.3) is 0 Å². The second-order valence-corrected chi connectivity index (χ2v) is 5.78. The highest BCUT2D eigenvalue weighted by Gasteiger charge is 2.24. The van der Waals surface area contributed by atoms with E-state index in [1.807, 2.05) is 6.92 Å². The van der Waals surface area contributed by atoms with Crippen molar-refractivity contribution in [1.29, 1.82) is 0 Å². The molecular weight excluding hydrogens is 240 g/mol. The molecule has 5 heteroatoms. The maximum absolute atomic E-state index is 11.7. The highest BCUT2D eigenvalue weighted by molar-refractivity contribution is 5.76. The Hall–Kier alpha value is -0.650. The molecule has 0 aliphatic carbocycles. The van der Waals surface area contributed by atoms with E-state index in [2.05, 4.69) is 29.0 Å². The van der Waals surface area contributed by atoms with Crippen molar-refractivity contribution in [2.24, 2.45) is 11.7 Å². The van der Waals surface area contributed by atoms with Crippen LogP contribution in [0.15, 0.2) is 0 Å². The molecule has 1 atom stereocenters. The maximum atomic E-state index is 11.7. The third-order valence-corrected chi connectivity index (χ3v) is 3.61. The van der Waals surface area contributed by atoms with Crippen molar-refractivity contribution < 1.29 is 4.79 Å². The first-order valence-corrected chi connectivity index (χ1v) is 7.50. The first kappa shape index (κ1) is 16.4. The van der Waals surface area contributed by atoms with E-state index in [-0.39, 0.29) is 11.9 Å². The van der Waals surface area contributed by atoms with E-state index in [1.54, 1.807) is 0 Å². The molecule has 1 amide bonds. The van der Waals surface area contributed by atoms with Crippen LogP contribution in [0.1, 0.15) is 27.2 Å². The molecule has 3 N–H and O–H groups in total. The van der Waals surface area contributed by atoms with Gasteiger partial charge in [0.1, 0.15) is 0 Å². The van der Waals surface area contributed by atoms with Crippen molar-refractivity contribution in [1.82, 2.24) is 15.1 Å². The molecule has 1 heterocycles. The Bertz CT molecular complexity index is 262. The van der Waals surface area contributed by atoms with Gasteiger partial charge >= 0.3 is 0 Å². The largest absolute Gasteiger partial charge is 0.356 e. The zero-order valence-corrected chi connectivity index (χ0v) is 12.7. The van der Waals surface area contributed by atoms with E-state index in [0.717, 1.165) is 32.7 Å². The number of carbonyl (C=O) groups is 1. The Morgan fingerprint density at radius 2 is 1.89 bits per heavy atom. The summed E-state index contributed by atoms with van der Waals surface area (Å²) in [5.41, 5.74) is 5.83. The van der Waals surface area contributed by atoms with Gasteiger partial charge < -0.3 is 16.0 Å². The number of nitrogens with two attached hydrogens (primary N) is 1. The van der Waals surface area contributed by atoms with Crippen LogP contribution >= 0.6 is 0 Å². The molecule has 1 aliphatic heterocycles. The molecular formula is C14H30N4O. The normalized spacial score (nSPS) is 19.6. The minimum Gasteiger partial charge on any atom is -0.356 e. The molecule has 0 saturated carbocycles. The van der Waals surface area contributed by atoms with Gasteiger partial charge in [-0.25, -0.2) is 0 Å². The molecule has 5 nitrogen and oxygen atoms in total. The summed E-state index contributed by atoms with van der Waals surface area (Å²) < 4.78 is 0. The molecule has 0 bridgehead atoms. The quantitative estimate of drug-likeness (QED) is 0.689. The predicted molar refractivity (Wildman–Crippen MR) is 79.0 cm³/mol. The van der Waals surface area contributed by atoms with Crippen LogP contribution in [0.3, 0.4) is 0 Å². The fourth-order valence-electron chi connectivity index (χ4n) is 2.67.